The second kappa shape index (κ2) is 9.07. The van der Waals surface area contributed by atoms with E-state index in [-0.39, 0.29) is 18.1 Å². The van der Waals surface area contributed by atoms with Gasteiger partial charge in [0.05, 0.1) is 12.1 Å². The van der Waals surface area contributed by atoms with Crippen LogP contribution in [0.25, 0.3) is 21.8 Å². The molecule has 1 fully saturated rings. The van der Waals surface area contributed by atoms with Crippen molar-refractivity contribution in [2.75, 3.05) is 18.5 Å². The highest BCUT2D eigenvalue weighted by molar-refractivity contribution is 6.08. The molecular formula is C32H33N3O2. The number of aryl methyl sites for hydroxylation is 1. The number of benzene rings is 3. The fraction of sp³-hybridized carbons (Fsp3) is 0.344. The van der Waals surface area contributed by atoms with Crippen LogP contribution >= 0.6 is 0 Å². The smallest absolute Gasteiger partial charge is 0.251 e. The van der Waals surface area contributed by atoms with Gasteiger partial charge in [-0.05, 0) is 79.6 Å². The number of aromatic nitrogens is 1. The second-order valence-electron chi connectivity index (χ2n) is 10.7. The van der Waals surface area contributed by atoms with Crippen LogP contribution in [0.2, 0.25) is 0 Å². The van der Waals surface area contributed by atoms with Crippen molar-refractivity contribution in [1.82, 2.24) is 9.88 Å². The van der Waals surface area contributed by atoms with Gasteiger partial charge < -0.3 is 19.9 Å². The number of para-hydroxylation sites is 1. The third-order valence-electron chi connectivity index (χ3n) is 8.61. The Kier molecular flexibility index (Phi) is 5.54. The fourth-order valence-corrected chi connectivity index (χ4v) is 6.78. The number of hydrogen-bond acceptors (Lipinski definition) is 3. The molecule has 5 heteroatoms. The van der Waals surface area contributed by atoms with Crippen molar-refractivity contribution in [1.29, 1.82) is 0 Å². The predicted octanol–water partition coefficient (Wildman–Crippen LogP) is 6.55. The summed E-state index contributed by atoms with van der Waals surface area (Å²) in [6, 6.07) is 22.1. The van der Waals surface area contributed by atoms with Gasteiger partial charge in [-0.2, -0.15) is 0 Å². The van der Waals surface area contributed by atoms with Gasteiger partial charge in [-0.3, -0.25) is 4.79 Å². The van der Waals surface area contributed by atoms with Crippen molar-refractivity contribution in [3.05, 3.63) is 89.5 Å². The summed E-state index contributed by atoms with van der Waals surface area (Å²) in [4.78, 5) is 12.9. The molecule has 1 aliphatic carbocycles. The lowest BCUT2D eigenvalue weighted by Gasteiger charge is -2.37. The largest absolute Gasteiger partial charge is 0.378 e. The molecule has 0 saturated carbocycles. The summed E-state index contributed by atoms with van der Waals surface area (Å²) in [6.45, 7) is 4.55. The number of allylic oxidation sites excluding steroid dienone is 2. The van der Waals surface area contributed by atoms with E-state index in [9.17, 15) is 4.79 Å². The molecule has 1 amide bonds. The molecule has 2 aliphatic heterocycles. The maximum atomic E-state index is 12.9. The van der Waals surface area contributed by atoms with Gasteiger partial charge in [0.1, 0.15) is 0 Å². The Morgan fingerprint density at radius 2 is 1.97 bits per heavy atom. The van der Waals surface area contributed by atoms with E-state index in [2.05, 4.69) is 88.9 Å². The highest BCUT2D eigenvalue weighted by atomic mass is 16.5. The van der Waals surface area contributed by atoms with Gasteiger partial charge in [-0.1, -0.05) is 36.4 Å². The summed E-state index contributed by atoms with van der Waals surface area (Å²) < 4.78 is 8.07. The SMILES string of the molecule is CCn1c2ccccc2c2cc(C3Nc4ccc(C(=O)NCC5CCCO5)cc4C4C=CCC43)ccc21. The van der Waals surface area contributed by atoms with E-state index in [1.54, 1.807) is 0 Å². The summed E-state index contributed by atoms with van der Waals surface area (Å²) in [6.07, 6.45) is 7.93. The molecule has 3 aromatic carbocycles. The molecule has 5 nitrogen and oxygen atoms in total. The number of carbonyl (C=O) groups excluding carboxylic acids is 1. The number of fused-ring (bicyclic) bond motifs is 6. The minimum atomic E-state index is -0.0169. The summed E-state index contributed by atoms with van der Waals surface area (Å²) >= 11 is 0. The first kappa shape index (κ1) is 22.6. The lowest BCUT2D eigenvalue weighted by molar-refractivity contribution is 0.0857. The third kappa shape index (κ3) is 3.75. The van der Waals surface area contributed by atoms with Crippen LogP contribution in [-0.2, 0) is 11.3 Å². The van der Waals surface area contributed by atoms with Crippen LogP contribution in [0, 0.1) is 5.92 Å². The average molecular weight is 492 g/mol. The molecule has 0 radical (unpaired) electrons. The Bertz CT molecular complexity index is 1530. The molecule has 37 heavy (non-hydrogen) atoms. The Morgan fingerprint density at radius 1 is 1.08 bits per heavy atom. The molecular weight excluding hydrogens is 458 g/mol. The number of carbonyl (C=O) groups is 1. The molecule has 3 aliphatic rings. The van der Waals surface area contributed by atoms with Crippen LogP contribution in [0.4, 0.5) is 5.69 Å². The van der Waals surface area contributed by atoms with E-state index in [0.717, 1.165) is 43.7 Å². The number of rotatable bonds is 5. The standard InChI is InChI=1S/C32H33N3O2/c1-2-35-29-11-4-3-8-24(29)27-17-20(13-15-30(27)35)31-25-10-5-9-23(25)26-18-21(12-14-28(26)34-31)32(36)33-19-22-7-6-16-37-22/h3-5,8-9,11-15,17-18,22-23,25,31,34H,2,6-7,10,16,19H2,1H3,(H,33,36). The quantitative estimate of drug-likeness (QED) is 0.311. The van der Waals surface area contributed by atoms with Crippen molar-refractivity contribution in [2.24, 2.45) is 5.92 Å². The van der Waals surface area contributed by atoms with Crippen molar-refractivity contribution < 1.29 is 9.53 Å². The minimum absolute atomic E-state index is 0.0169. The number of amides is 1. The van der Waals surface area contributed by atoms with Gasteiger partial charge in [0, 0.05) is 58.7 Å². The number of ether oxygens (including phenoxy) is 1. The Morgan fingerprint density at radius 3 is 2.84 bits per heavy atom. The Labute approximate surface area is 217 Å². The Balaban J connectivity index is 1.21. The van der Waals surface area contributed by atoms with Gasteiger partial charge in [-0.25, -0.2) is 0 Å². The molecule has 3 heterocycles. The van der Waals surface area contributed by atoms with E-state index >= 15 is 0 Å². The first-order chi connectivity index (χ1) is 18.2. The van der Waals surface area contributed by atoms with Gasteiger partial charge in [-0.15, -0.1) is 0 Å². The zero-order valence-electron chi connectivity index (χ0n) is 21.2. The van der Waals surface area contributed by atoms with Crippen molar-refractivity contribution >= 4 is 33.4 Å². The average Bonchev–Trinajstić information content (AvgIpc) is 3.70. The number of nitrogens with one attached hydrogen (secondary N) is 2. The maximum absolute atomic E-state index is 12.9. The molecule has 0 spiro atoms. The van der Waals surface area contributed by atoms with Gasteiger partial charge in [0.15, 0.2) is 0 Å². The summed E-state index contributed by atoms with van der Waals surface area (Å²) in [5.74, 6) is 0.714. The first-order valence-corrected chi connectivity index (χ1v) is 13.7. The molecule has 4 unspecified atom stereocenters. The van der Waals surface area contributed by atoms with Crippen LogP contribution in [0.15, 0.2) is 72.8 Å². The molecule has 188 valence electrons. The molecule has 2 N–H and O–H groups in total. The zero-order chi connectivity index (χ0) is 24.9. The minimum Gasteiger partial charge on any atom is -0.378 e. The van der Waals surface area contributed by atoms with Crippen molar-refractivity contribution in [2.45, 2.75) is 50.8 Å². The topological polar surface area (TPSA) is 55.3 Å². The van der Waals surface area contributed by atoms with E-state index in [1.165, 1.54) is 32.9 Å². The summed E-state index contributed by atoms with van der Waals surface area (Å²) in [5, 5.41) is 9.58. The van der Waals surface area contributed by atoms with Crippen LogP contribution in [0.3, 0.4) is 0 Å². The highest BCUT2D eigenvalue weighted by Gasteiger charge is 2.38. The fourth-order valence-electron chi connectivity index (χ4n) is 6.78. The predicted molar refractivity (Wildman–Crippen MR) is 149 cm³/mol. The van der Waals surface area contributed by atoms with Gasteiger partial charge in [0.25, 0.3) is 5.91 Å². The van der Waals surface area contributed by atoms with Crippen molar-refractivity contribution in [3.8, 4) is 0 Å². The molecule has 4 aromatic rings. The summed E-state index contributed by atoms with van der Waals surface area (Å²) in [5.41, 5.74) is 7.00. The zero-order valence-corrected chi connectivity index (χ0v) is 21.2. The second-order valence-corrected chi connectivity index (χ2v) is 10.7. The van der Waals surface area contributed by atoms with E-state index in [4.69, 9.17) is 4.74 Å². The van der Waals surface area contributed by atoms with Crippen LogP contribution in [0.1, 0.15) is 59.6 Å². The molecule has 0 bridgehead atoms. The normalized spacial score (nSPS) is 24.2. The Hall–Kier alpha value is -3.57. The van der Waals surface area contributed by atoms with E-state index < -0.39 is 0 Å². The van der Waals surface area contributed by atoms with E-state index in [0.29, 0.717) is 18.4 Å². The number of hydrogen-bond donors (Lipinski definition) is 2. The highest BCUT2D eigenvalue weighted by Crippen LogP contribution is 2.50. The first-order valence-electron chi connectivity index (χ1n) is 13.7. The van der Waals surface area contributed by atoms with E-state index in [1.807, 2.05) is 6.07 Å². The van der Waals surface area contributed by atoms with Gasteiger partial charge >= 0.3 is 0 Å². The van der Waals surface area contributed by atoms with Crippen LogP contribution in [0.5, 0.6) is 0 Å². The summed E-state index contributed by atoms with van der Waals surface area (Å²) in [7, 11) is 0. The van der Waals surface area contributed by atoms with Crippen LogP contribution in [-0.4, -0.2) is 29.7 Å². The van der Waals surface area contributed by atoms with Crippen LogP contribution < -0.4 is 10.6 Å². The number of anilines is 1. The monoisotopic (exact) mass is 491 g/mol. The lowest BCUT2D eigenvalue weighted by atomic mass is 9.76. The van der Waals surface area contributed by atoms with Crippen molar-refractivity contribution in [3.63, 3.8) is 0 Å². The lowest BCUT2D eigenvalue weighted by Crippen LogP contribution is -2.32. The molecule has 7 rings (SSSR count). The molecule has 1 saturated heterocycles. The molecule has 1 aromatic heterocycles. The number of nitrogens with zero attached hydrogens (tertiary/aromatic N) is 1. The molecule has 4 atom stereocenters. The third-order valence-corrected chi connectivity index (χ3v) is 8.61. The maximum Gasteiger partial charge on any atom is 0.251 e. The van der Waals surface area contributed by atoms with Gasteiger partial charge in [0.2, 0.25) is 0 Å².